The minimum Gasteiger partial charge on any atom is -0.379 e. The molecule has 120 valence electrons. The van der Waals surface area contributed by atoms with E-state index in [2.05, 4.69) is 15.0 Å². The van der Waals surface area contributed by atoms with Crippen LogP contribution in [0.15, 0.2) is 36.8 Å². The third-order valence-electron chi connectivity index (χ3n) is 3.86. The van der Waals surface area contributed by atoms with Crippen LogP contribution in [0.2, 0.25) is 0 Å². The lowest BCUT2D eigenvalue weighted by molar-refractivity contribution is 0.0737. The van der Waals surface area contributed by atoms with Crippen LogP contribution in [0.1, 0.15) is 21.9 Å². The van der Waals surface area contributed by atoms with Gasteiger partial charge < -0.3 is 9.64 Å². The minimum atomic E-state index is 0.00691. The van der Waals surface area contributed by atoms with E-state index in [-0.39, 0.29) is 11.8 Å². The van der Waals surface area contributed by atoms with Crippen LogP contribution >= 0.6 is 0 Å². The number of hydrogen-bond donors (Lipinski definition) is 0. The molecular formula is C17H20N4O2. The van der Waals surface area contributed by atoms with Crippen molar-refractivity contribution in [2.24, 2.45) is 5.92 Å². The fraction of sp³-hybridized carbons (Fsp3) is 0.412. The highest BCUT2D eigenvalue weighted by Crippen LogP contribution is 2.15. The molecule has 23 heavy (non-hydrogen) atoms. The molecule has 3 rings (SSSR count). The summed E-state index contributed by atoms with van der Waals surface area (Å²) in [5.74, 6) is 1.00. The van der Waals surface area contributed by atoms with E-state index in [1.54, 1.807) is 30.7 Å². The molecule has 6 heteroatoms. The molecule has 0 bridgehead atoms. The predicted octanol–water partition coefficient (Wildman–Crippen LogP) is 1.51. The van der Waals surface area contributed by atoms with Crippen molar-refractivity contribution in [2.45, 2.75) is 13.3 Å². The molecule has 0 radical (unpaired) electrons. The molecule has 3 heterocycles. The lowest BCUT2D eigenvalue weighted by Crippen LogP contribution is -2.36. The summed E-state index contributed by atoms with van der Waals surface area (Å²) in [6.45, 7) is 4.35. The summed E-state index contributed by atoms with van der Waals surface area (Å²) in [5.41, 5.74) is 1.60. The van der Waals surface area contributed by atoms with Gasteiger partial charge in [-0.15, -0.1) is 0 Å². The van der Waals surface area contributed by atoms with Gasteiger partial charge in [-0.05, 0) is 31.5 Å². The average molecular weight is 312 g/mol. The third kappa shape index (κ3) is 4.10. The Morgan fingerprint density at radius 2 is 2.30 bits per heavy atom. The van der Waals surface area contributed by atoms with Crippen LogP contribution in [0.25, 0.3) is 0 Å². The van der Waals surface area contributed by atoms with E-state index in [9.17, 15) is 4.79 Å². The number of ether oxygens (including phenoxy) is 1. The van der Waals surface area contributed by atoms with Crippen LogP contribution in [-0.4, -0.2) is 52.1 Å². The summed E-state index contributed by atoms with van der Waals surface area (Å²) in [6.07, 6.45) is 5.83. The molecule has 0 N–H and O–H groups in total. The van der Waals surface area contributed by atoms with Crippen molar-refractivity contribution < 1.29 is 9.53 Å². The first-order valence-corrected chi connectivity index (χ1v) is 7.78. The van der Waals surface area contributed by atoms with Gasteiger partial charge in [-0.3, -0.25) is 9.78 Å². The number of rotatable bonds is 3. The number of aryl methyl sites for hydroxylation is 1. The summed E-state index contributed by atoms with van der Waals surface area (Å²) >= 11 is 0. The lowest BCUT2D eigenvalue weighted by Gasteiger charge is -2.23. The highest BCUT2D eigenvalue weighted by molar-refractivity contribution is 5.93. The summed E-state index contributed by atoms with van der Waals surface area (Å²) in [4.78, 5) is 27.1. The lowest BCUT2D eigenvalue weighted by atomic mass is 10.0. The van der Waals surface area contributed by atoms with Crippen molar-refractivity contribution in [2.75, 3.05) is 26.3 Å². The Morgan fingerprint density at radius 1 is 1.39 bits per heavy atom. The molecule has 6 nitrogen and oxygen atoms in total. The summed E-state index contributed by atoms with van der Waals surface area (Å²) < 4.78 is 5.67. The van der Waals surface area contributed by atoms with Gasteiger partial charge in [0.05, 0.1) is 18.8 Å². The summed E-state index contributed by atoms with van der Waals surface area (Å²) in [7, 11) is 0. The Labute approximate surface area is 135 Å². The van der Waals surface area contributed by atoms with Crippen LogP contribution in [-0.2, 0) is 11.2 Å². The largest absolute Gasteiger partial charge is 0.379 e. The molecule has 1 saturated heterocycles. The van der Waals surface area contributed by atoms with Crippen LogP contribution < -0.4 is 0 Å². The molecule has 0 unspecified atom stereocenters. The maximum absolute atomic E-state index is 12.6. The molecule has 0 aliphatic carbocycles. The zero-order valence-electron chi connectivity index (χ0n) is 13.2. The van der Waals surface area contributed by atoms with Crippen molar-refractivity contribution in [3.8, 4) is 0 Å². The molecule has 0 aromatic carbocycles. The fourth-order valence-electron chi connectivity index (χ4n) is 2.77. The Kier molecular flexibility index (Phi) is 4.92. The van der Waals surface area contributed by atoms with Crippen molar-refractivity contribution >= 4 is 5.91 Å². The highest BCUT2D eigenvalue weighted by atomic mass is 16.5. The SMILES string of the molecule is Cc1nccc(C[C@H]2COCCN(C(=O)c3cccnc3)C2)n1. The standard InChI is InChI=1S/C17H20N4O2/c1-13-19-6-4-16(20-13)9-14-11-21(7-8-23-12-14)17(22)15-3-2-5-18-10-15/h2-6,10,14H,7-9,11-12H2,1H3/t14-/m1/s1. The number of nitrogens with zero attached hydrogens (tertiary/aromatic N) is 4. The van der Waals surface area contributed by atoms with Crippen molar-refractivity contribution in [1.82, 2.24) is 19.9 Å². The number of amides is 1. The normalized spacial score (nSPS) is 18.5. The Balaban J connectivity index is 1.70. The quantitative estimate of drug-likeness (QED) is 0.859. The van der Waals surface area contributed by atoms with E-state index in [1.807, 2.05) is 17.9 Å². The Bertz CT molecular complexity index is 663. The van der Waals surface area contributed by atoms with E-state index in [0.29, 0.717) is 31.9 Å². The molecule has 1 atom stereocenters. The van der Waals surface area contributed by atoms with E-state index in [1.165, 1.54) is 0 Å². The maximum Gasteiger partial charge on any atom is 0.255 e. The molecule has 0 saturated carbocycles. The van der Waals surface area contributed by atoms with Crippen LogP contribution in [0, 0.1) is 12.8 Å². The van der Waals surface area contributed by atoms with E-state index in [4.69, 9.17) is 4.74 Å². The Morgan fingerprint density at radius 3 is 3.09 bits per heavy atom. The van der Waals surface area contributed by atoms with Crippen LogP contribution in [0.5, 0.6) is 0 Å². The second-order valence-electron chi connectivity index (χ2n) is 5.73. The first kappa shape index (κ1) is 15.6. The van der Waals surface area contributed by atoms with Crippen LogP contribution in [0.4, 0.5) is 0 Å². The minimum absolute atomic E-state index is 0.00691. The van der Waals surface area contributed by atoms with Gasteiger partial charge >= 0.3 is 0 Å². The van der Waals surface area contributed by atoms with Gasteiger partial charge in [0, 0.05) is 43.3 Å². The first-order chi connectivity index (χ1) is 11.2. The van der Waals surface area contributed by atoms with Crippen molar-refractivity contribution in [1.29, 1.82) is 0 Å². The topological polar surface area (TPSA) is 68.2 Å². The van der Waals surface area contributed by atoms with Gasteiger partial charge in [-0.2, -0.15) is 0 Å². The molecule has 1 aliphatic heterocycles. The smallest absolute Gasteiger partial charge is 0.255 e. The molecule has 1 aliphatic rings. The predicted molar refractivity (Wildman–Crippen MR) is 84.9 cm³/mol. The third-order valence-corrected chi connectivity index (χ3v) is 3.86. The van der Waals surface area contributed by atoms with E-state index < -0.39 is 0 Å². The number of aromatic nitrogens is 3. The highest BCUT2D eigenvalue weighted by Gasteiger charge is 2.24. The van der Waals surface area contributed by atoms with Gasteiger partial charge in [-0.25, -0.2) is 9.97 Å². The molecule has 2 aromatic heterocycles. The number of carbonyl (C=O) groups is 1. The summed E-state index contributed by atoms with van der Waals surface area (Å²) in [6, 6.07) is 5.50. The fourth-order valence-corrected chi connectivity index (χ4v) is 2.77. The van der Waals surface area contributed by atoms with Gasteiger partial charge in [0.25, 0.3) is 5.91 Å². The second-order valence-corrected chi connectivity index (χ2v) is 5.73. The van der Waals surface area contributed by atoms with Gasteiger partial charge in [0.15, 0.2) is 0 Å². The summed E-state index contributed by atoms with van der Waals surface area (Å²) in [5, 5.41) is 0. The van der Waals surface area contributed by atoms with Gasteiger partial charge in [0.1, 0.15) is 5.82 Å². The molecule has 1 amide bonds. The zero-order chi connectivity index (χ0) is 16.1. The molecule has 1 fully saturated rings. The average Bonchev–Trinajstić information content (AvgIpc) is 2.80. The zero-order valence-corrected chi connectivity index (χ0v) is 13.2. The van der Waals surface area contributed by atoms with Gasteiger partial charge in [-0.1, -0.05) is 0 Å². The second kappa shape index (κ2) is 7.28. The molecular weight excluding hydrogens is 292 g/mol. The van der Waals surface area contributed by atoms with Gasteiger partial charge in [0.2, 0.25) is 0 Å². The maximum atomic E-state index is 12.6. The van der Waals surface area contributed by atoms with Crippen molar-refractivity contribution in [3.05, 3.63) is 53.9 Å². The monoisotopic (exact) mass is 312 g/mol. The van der Waals surface area contributed by atoms with E-state index in [0.717, 1.165) is 17.9 Å². The molecule has 2 aromatic rings. The number of pyridine rings is 1. The first-order valence-electron chi connectivity index (χ1n) is 7.78. The van der Waals surface area contributed by atoms with Crippen molar-refractivity contribution in [3.63, 3.8) is 0 Å². The van der Waals surface area contributed by atoms with E-state index >= 15 is 0 Å². The Hall–Kier alpha value is -2.34. The number of hydrogen-bond acceptors (Lipinski definition) is 5. The number of carbonyl (C=O) groups excluding carboxylic acids is 1. The molecule has 0 spiro atoms. The van der Waals surface area contributed by atoms with Crippen LogP contribution in [0.3, 0.4) is 0 Å².